The maximum Gasteiger partial charge on any atom is 0.300 e. The molecule has 0 spiro atoms. The van der Waals surface area contributed by atoms with E-state index in [2.05, 4.69) is 24.0 Å². The van der Waals surface area contributed by atoms with Gasteiger partial charge in [-0.3, -0.25) is 13.8 Å². The van der Waals surface area contributed by atoms with Crippen molar-refractivity contribution in [2.45, 2.75) is 39.3 Å². The summed E-state index contributed by atoms with van der Waals surface area (Å²) in [5.74, 6) is 1.62. The Balaban J connectivity index is 2.01. The van der Waals surface area contributed by atoms with Gasteiger partial charge in [0.25, 0.3) is 0 Å². The molecule has 0 radical (unpaired) electrons. The second kappa shape index (κ2) is 6.81. The third kappa shape index (κ3) is 3.11. The van der Waals surface area contributed by atoms with E-state index in [1.165, 1.54) is 0 Å². The Hall–Kier alpha value is -2.08. The standard InChI is InChI=1S/C18H22N4OS/c1-12(2)8-11-24-18-20-19-16-17(23)21(9-10-22(16)18)15-7-5-6-13(3)14(15)4/h5-7,9-10,12H,8,11H2,1-4H3. The number of nitrogens with zero attached hydrogens (tertiary/aromatic N) is 4. The molecule has 126 valence electrons. The fraction of sp³-hybridized carbons (Fsp3) is 0.389. The van der Waals surface area contributed by atoms with Crippen LogP contribution in [0.5, 0.6) is 0 Å². The highest BCUT2D eigenvalue weighted by molar-refractivity contribution is 7.99. The molecular formula is C18H22N4OS. The van der Waals surface area contributed by atoms with Crippen molar-refractivity contribution < 1.29 is 0 Å². The molecule has 0 aliphatic rings. The van der Waals surface area contributed by atoms with Gasteiger partial charge < -0.3 is 0 Å². The van der Waals surface area contributed by atoms with E-state index < -0.39 is 0 Å². The van der Waals surface area contributed by atoms with Gasteiger partial charge in [-0.1, -0.05) is 37.7 Å². The Labute approximate surface area is 145 Å². The summed E-state index contributed by atoms with van der Waals surface area (Å²) in [7, 11) is 0. The van der Waals surface area contributed by atoms with Crippen LogP contribution < -0.4 is 5.56 Å². The first-order valence-corrected chi connectivity index (χ1v) is 9.13. The molecule has 0 saturated heterocycles. The summed E-state index contributed by atoms with van der Waals surface area (Å²) in [5.41, 5.74) is 3.36. The van der Waals surface area contributed by atoms with Gasteiger partial charge in [0.05, 0.1) is 5.69 Å². The molecule has 0 fully saturated rings. The minimum absolute atomic E-state index is 0.144. The highest BCUT2D eigenvalue weighted by Crippen LogP contribution is 2.20. The highest BCUT2D eigenvalue weighted by Gasteiger charge is 2.13. The van der Waals surface area contributed by atoms with Crippen molar-refractivity contribution in [2.24, 2.45) is 5.92 Å². The summed E-state index contributed by atoms with van der Waals surface area (Å²) < 4.78 is 3.43. The van der Waals surface area contributed by atoms with E-state index in [4.69, 9.17) is 0 Å². The molecule has 24 heavy (non-hydrogen) atoms. The normalized spacial score (nSPS) is 11.5. The molecule has 0 N–H and O–H groups in total. The van der Waals surface area contributed by atoms with E-state index in [1.54, 1.807) is 26.9 Å². The van der Waals surface area contributed by atoms with Crippen LogP contribution in [0.2, 0.25) is 0 Å². The smallest absolute Gasteiger partial charge is 0.279 e. The number of hydrogen-bond donors (Lipinski definition) is 0. The van der Waals surface area contributed by atoms with Gasteiger partial charge in [0.2, 0.25) is 5.65 Å². The Morgan fingerprint density at radius 3 is 2.71 bits per heavy atom. The molecule has 3 rings (SSSR count). The average molecular weight is 342 g/mol. The van der Waals surface area contributed by atoms with Crippen molar-refractivity contribution in [3.05, 3.63) is 52.1 Å². The summed E-state index contributed by atoms with van der Waals surface area (Å²) in [5, 5.41) is 9.08. The molecule has 6 heteroatoms. The van der Waals surface area contributed by atoms with Gasteiger partial charge in [-0.25, -0.2) is 0 Å². The van der Waals surface area contributed by atoms with E-state index in [-0.39, 0.29) is 5.56 Å². The van der Waals surface area contributed by atoms with E-state index in [0.717, 1.165) is 34.1 Å². The maximum atomic E-state index is 12.8. The summed E-state index contributed by atoms with van der Waals surface area (Å²) in [6, 6.07) is 5.96. The van der Waals surface area contributed by atoms with Gasteiger partial charge in [-0.2, -0.15) is 0 Å². The molecule has 0 atom stereocenters. The molecule has 0 aliphatic carbocycles. The second-order valence-corrected chi connectivity index (χ2v) is 7.46. The molecular weight excluding hydrogens is 320 g/mol. The number of benzene rings is 1. The minimum atomic E-state index is -0.144. The van der Waals surface area contributed by atoms with Gasteiger partial charge in [-0.15, -0.1) is 10.2 Å². The summed E-state index contributed by atoms with van der Waals surface area (Å²) >= 11 is 1.64. The SMILES string of the molecule is Cc1cccc(-n2ccn3c(SCCC(C)C)nnc3c2=O)c1C. The van der Waals surface area contributed by atoms with Gasteiger partial charge in [0.15, 0.2) is 5.16 Å². The van der Waals surface area contributed by atoms with Crippen molar-refractivity contribution in [1.29, 1.82) is 0 Å². The molecule has 2 aromatic heterocycles. The Bertz CT molecular complexity index is 926. The lowest BCUT2D eigenvalue weighted by Gasteiger charge is -2.11. The lowest BCUT2D eigenvalue weighted by Crippen LogP contribution is -2.21. The third-order valence-corrected chi connectivity index (χ3v) is 5.18. The molecule has 0 saturated carbocycles. The third-order valence-electron chi connectivity index (χ3n) is 4.20. The van der Waals surface area contributed by atoms with Crippen LogP contribution in [0.15, 0.2) is 40.5 Å². The summed E-state index contributed by atoms with van der Waals surface area (Å²) in [6.45, 7) is 8.47. The summed E-state index contributed by atoms with van der Waals surface area (Å²) in [6.07, 6.45) is 4.78. The van der Waals surface area contributed by atoms with Crippen LogP contribution in [-0.2, 0) is 0 Å². The number of aryl methyl sites for hydroxylation is 1. The van der Waals surface area contributed by atoms with Gasteiger partial charge in [0, 0.05) is 18.1 Å². The van der Waals surface area contributed by atoms with Crippen LogP contribution in [0, 0.1) is 19.8 Å². The topological polar surface area (TPSA) is 52.2 Å². The Morgan fingerprint density at radius 1 is 1.17 bits per heavy atom. The molecule has 2 heterocycles. The molecule has 0 aliphatic heterocycles. The molecule has 5 nitrogen and oxygen atoms in total. The van der Waals surface area contributed by atoms with Crippen molar-refractivity contribution in [3.63, 3.8) is 0 Å². The van der Waals surface area contributed by atoms with Crippen LogP contribution in [0.4, 0.5) is 0 Å². The van der Waals surface area contributed by atoms with Crippen molar-refractivity contribution in [2.75, 3.05) is 5.75 Å². The van der Waals surface area contributed by atoms with Gasteiger partial charge in [-0.05, 0) is 43.4 Å². The monoisotopic (exact) mass is 342 g/mol. The number of rotatable bonds is 5. The number of hydrogen-bond acceptors (Lipinski definition) is 4. The predicted molar refractivity (Wildman–Crippen MR) is 98.2 cm³/mol. The molecule has 0 bridgehead atoms. The molecule has 0 amide bonds. The largest absolute Gasteiger partial charge is 0.300 e. The van der Waals surface area contributed by atoms with Crippen molar-refractivity contribution in [1.82, 2.24) is 19.2 Å². The van der Waals surface area contributed by atoms with Crippen LogP contribution in [0.25, 0.3) is 11.3 Å². The second-order valence-electron chi connectivity index (χ2n) is 6.40. The zero-order valence-electron chi connectivity index (χ0n) is 14.5. The van der Waals surface area contributed by atoms with E-state index in [9.17, 15) is 4.79 Å². The lowest BCUT2D eigenvalue weighted by atomic mass is 10.1. The van der Waals surface area contributed by atoms with Crippen LogP contribution in [0.3, 0.4) is 0 Å². The molecule has 0 unspecified atom stereocenters. The van der Waals surface area contributed by atoms with Gasteiger partial charge in [0.1, 0.15) is 0 Å². The molecule has 3 aromatic rings. The fourth-order valence-electron chi connectivity index (χ4n) is 2.54. The molecule has 1 aromatic carbocycles. The Kier molecular flexibility index (Phi) is 4.76. The summed E-state index contributed by atoms with van der Waals surface area (Å²) in [4.78, 5) is 12.8. The zero-order valence-corrected chi connectivity index (χ0v) is 15.3. The number of fused-ring (bicyclic) bond motifs is 1. The maximum absolute atomic E-state index is 12.8. The van der Waals surface area contributed by atoms with Crippen molar-refractivity contribution in [3.8, 4) is 5.69 Å². The quantitative estimate of drug-likeness (QED) is 0.664. The first-order valence-electron chi connectivity index (χ1n) is 8.15. The first kappa shape index (κ1) is 16.8. The minimum Gasteiger partial charge on any atom is -0.279 e. The van der Waals surface area contributed by atoms with E-state index >= 15 is 0 Å². The Morgan fingerprint density at radius 2 is 1.96 bits per heavy atom. The van der Waals surface area contributed by atoms with E-state index in [0.29, 0.717) is 11.6 Å². The zero-order chi connectivity index (χ0) is 17.3. The van der Waals surface area contributed by atoms with Gasteiger partial charge >= 0.3 is 5.56 Å². The number of aromatic nitrogens is 4. The average Bonchev–Trinajstić information content (AvgIpc) is 2.95. The highest BCUT2D eigenvalue weighted by atomic mass is 32.2. The van der Waals surface area contributed by atoms with E-state index in [1.807, 2.05) is 38.2 Å². The van der Waals surface area contributed by atoms with Crippen LogP contribution >= 0.6 is 11.8 Å². The first-order chi connectivity index (χ1) is 11.5. The lowest BCUT2D eigenvalue weighted by molar-refractivity contribution is 0.631. The van der Waals surface area contributed by atoms with Crippen LogP contribution in [0.1, 0.15) is 31.4 Å². The van der Waals surface area contributed by atoms with Crippen molar-refractivity contribution >= 4 is 17.4 Å². The van der Waals surface area contributed by atoms with Crippen LogP contribution in [-0.4, -0.2) is 24.9 Å². The predicted octanol–water partition coefficient (Wildman–Crippen LogP) is 3.64. The fourth-order valence-corrected chi connectivity index (χ4v) is 3.69. The number of thioether (sulfide) groups is 1.